The zero-order chi connectivity index (χ0) is 86.1. The molecule has 3 aliphatic rings. The van der Waals surface area contributed by atoms with E-state index >= 15 is 0 Å². The molecule has 0 radical (unpaired) electrons. The van der Waals surface area contributed by atoms with E-state index in [1.165, 1.54) is 203 Å². The van der Waals surface area contributed by atoms with E-state index in [0.717, 1.165) is 55.7 Å². The second-order valence-corrected chi connectivity index (χ2v) is 37.4. The monoisotopic (exact) mass is 1730 g/mol. The van der Waals surface area contributed by atoms with Crippen LogP contribution < -0.4 is 0 Å². The summed E-state index contributed by atoms with van der Waals surface area (Å²) in [6.07, 6.45) is 3.67. The first-order chi connectivity index (χ1) is 65.6. The van der Waals surface area contributed by atoms with Crippen LogP contribution in [0, 0.1) is 0 Å². The molecule has 3 aliphatic carbocycles. The van der Waals surface area contributed by atoms with Crippen molar-refractivity contribution in [3.8, 4) is 130 Å². The zero-order valence-corrected chi connectivity index (χ0v) is 72.8. The van der Waals surface area contributed by atoms with Gasteiger partial charge in [0.1, 0.15) is 0 Å². The lowest BCUT2D eigenvalue weighted by Gasteiger charge is -2.15. The lowest BCUT2D eigenvalue weighted by molar-refractivity contribution is 0.955. The second-order valence-electron chi connectivity index (χ2n) is 34.2. The molecule has 0 N–H and O–H groups in total. The molecule has 610 valence electrons. The largest absolute Gasteiger partial charge is 0.277 e. The Kier molecular flexibility index (Phi) is 15.7. The van der Waals surface area contributed by atoms with Crippen LogP contribution >= 0.6 is 34.0 Å². The van der Waals surface area contributed by atoms with Gasteiger partial charge in [0.15, 0.2) is 11.6 Å². The normalized spacial score (nSPS) is 12.2. The van der Waals surface area contributed by atoms with E-state index in [9.17, 15) is 0 Å². The summed E-state index contributed by atoms with van der Waals surface area (Å²) < 4.78 is 14.7. The molecule has 0 amide bonds. The predicted molar refractivity (Wildman–Crippen MR) is 553 cm³/mol. The van der Waals surface area contributed by atoms with E-state index in [1.807, 2.05) is 88.9 Å². The highest BCUT2D eigenvalue weighted by atomic mass is 32.1. The average Bonchev–Trinajstić information content (AvgIpc) is 1.52. The summed E-state index contributed by atoms with van der Waals surface area (Å²) >= 11 is 5.64. The summed E-state index contributed by atoms with van der Waals surface area (Å²) in [6.45, 7) is 0. The molecule has 28 aromatic rings. The smallest absolute Gasteiger partial charge is 0.238 e. The molecular formula is C119H66N10S3. The highest BCUT2D eigenvalue weighted by Gasteiger charge is 2.35. The van der Waals surface area contributed by atoms with Crippen LogP contribution in [0.25, 0.3) is 288 Å². The van der Waals surface area contributed by atoms with E-state index in [-0.39, 0.29) is 0 Å². The minimum absolute atomic E-state index is 0.613. The number of aromatic nitrogens is 10. The van der Waals surface area contributed by atoms with Gasteiger partial charge >= 0.3 is 0 Å². The molecule has 0 fully saturated rings. The van der Waals surface area contributed by atoms with Gasteiger partial charge in [0.2, 0.25) is 17.8 Å². The molecule has 31 rings (SSSR count). The SMILES string of the molecule is c1ccc(-c2cc(-c3ccccc3)nc(-n3c4cccc5c4c4c6c(cccc6c6sc7ccccc7c6c43)-c3ccccc3-5)n2)cc1.c1ccc(-c2nc(-c3ccccc3)nc(-n3c4cccc5c4c4c6c(cccc6c6sc7ccccc7c6c43)-c3ccccc3-5)n2)cc1.c1cnc(-n2c3cccc4c3c3c5c(cccc5c5sc6ccccc6c5c32)-c2ccccc2-4)nc1. The van der Waals surface area contributed by atoms with Gasteiger partial charge in [-0.25, -0.2) is 24.9 Å². The highest BCUT2D eigenvalue weighted by molar-refractivity contribution is 7.28. The van der Waals surface area contributed by atoms with E-state index in [0.29, 0.717) is 29.5 Å². The van der Waals surface area contributed by atoms with Gasteiger partial charge in [0.05, 0.1) is 44.5 Å². The summed E-state index contributed by atoms with van der Waals surface area (Å²) in [6, 6.07) is 139. The maximum Gasteiger partial charge on any atom is 0.238 e. The van der Waals surface area contributed by atoms with Crippen LogP contribution in [0.2, 0.25) is 0 Å². The Morgan fingerprint density at radius 2 is 0.447 bits per heavy atom. The molecule has 13 heteroatoms. The maximum atomic E-state index is 5.39. The molecule has 132 heavy (non-hydrogen) atoms. The lowest BCUT2D eigenvalue weighted by Crippen LogP contribution is -2.06. The Labute approximate surface area is 765 Å². The summed E-state index contributed by atoms with van der Waals surface area (Å²) in [5.74, 6) is 3.29. The summed E-state index contributed by atoms with van der Waals surface area (Å²) in [5, 5.41) is 23.0. The number of hydrogen-bond acceptors (Lipinski definition) is 10. The summed E-state index contributed by atoms with van der Waals surface area (Å²) in [5.41, 5.74) is 27.8. The van der Waals surface area contributed by atoms with Crippen molar-refractivity contribution in [1.29, 1.82) is 0 Å². The fraction of sp³-hybridized carbons (Fsp3) is 0. The van der Waals surface area contributed by atoms with Crippen molar-refractivity contribution in [3.63, 3.8) is 0 Å². The first kappa shape index (κ1) is 73.3. The fourth-order valence-electron chi connectivity index (χ4n) is 22.1. The molecule has 19 aromatic carbocycles. The van der Waals surface area contributed by atoms with Crippen LogP contribution in [0.1, 0.15) is 0 Å². The molecular weight excluding hydrogens is 1670 g/mol. The van der Waals surface area contributed by atoms with Crippen molar-refractivity contribution in [2.45, 2.75) is 0 Å². The number of benzene rings is 19. The van der Waals surface area contributed by atoms with Crippen molar-refractivity contribution in [1.82, 2.24) is 48.6 Å². The standard InChI is InChI=1S/C44H25N3S.C43H24N4S.C32H17N3S/c1-3-13-26(14-4-1)34-25-35(27-15-5-2-6-16-27)46-44(45-34)47-36-23-12-21-31-29-18-8-7-17-28(29)30-20-11-22-33-38(30)41(39(31)36)42(47)40-32-19-9-10-24-37(32)48-43(33)40;1-3-13-25(14-4-1)41-44-42(26-15-5-2-6-16-26)46-43(45-41)47-33-23-12-21-30-28-18-8-7-17-27(28)29-20-11-22-32-35(29)38(36(30)33)39(47)37-31-19-9-10-24-34(31)48-40(32)37;1-2-9-19-18(8-1)20-11-5-13-23-26(20)29-27-21(19)12-6-14-24(27)35(32-33-16-7-17-34-32)30(29)28-22-10-3-4-15-25(22)36-31(23)28/h1-25H;1-24H;1-17H. The third-order valence-electron chi connectivity index (χ3n) is 27.4. The van der Waals surface area contributed by atoms with Gasteiger partial charge in [-0.2, -0.15) is 9.97 Å². The zero-order valence-electron chi connectivity index (χ0n) is 70.3. The van der Waals surface area contributed by atoms with Gasteiger partial charge in [-0.15, -0.1) is 34.0 Å². The van der Waals surface area contributed by atoms with Gasteiger partial charge in [-0.05, 0) is 115 Å². The lowest BCUT2D eigenvalue weighted by atomic mass is 9.93. The van der Waals surface area contributed by atoms with Crippen molar-refractivity contribution in [3.05, 3.63) is 401 Å². The number of rotatable bonds is 7. The first-order valence-electron chi connectivity index (χ1n) is 44.5. The van der Waals surface area contributed by atoms with Gasteiger partial charge < -0.3 is 0 Å². The topological polar surface area (TPSA) is 105 Å². The van der Waals surface area contributed by atoms with E-state index < -0.39 is 0 Å². The van der Waals surface area contributed by atoms with Crippen LogP contribution in [0.5, 0.6) is 0 Å². The van der Waals surface area contributed by atoms with Crippen LogP contribution in [-0.2, 0) is 0 Å². The van der Waals surface area contributed by atoms with Gasteiger partial charge in [-0.3, -0.25) is 13.7 Å². The number of hydrogen-bond donors (Lipinski definition) is 0. The summed E-state index contributed by atoms with van der Waals surface area (Å²) in [4.78, 5) is 35.9. The number of fused-ring (bicyclic) bond motifs is 24. The molecule has 0 saturated heterocycles. The van der Waals surface area contributed by atoms with Crippen molar-refractivity contribution >= 4 is 192 Å². The molecule has 0 bridgehead atoms. The van der Waals surface area contributed by atoms with E-state index in [4.69, 9.17) is 34.9 Å². The Hall–Kier alpha value is -16.8. The molecule has 0 atom stereocenters. The Morgan fingerprint density at radius 1 is 0.182 bits per heavy atom. The quantitative estimate of drug-likeness (QED) is 0.156. The third-order valence-corrected chi connectivity index (χ3v) is 31.0. The third kappa shape index (κ3) is 10.5. The van der Waals surface area contributed by atoms with Crippen LogP contribution in [0.3, 0.4) is 0 Å². The van der Waals surface area contributed by atoms with Gasteiger partial charge in [0.25, 0.3) is 0 Å². The molecule has 10 nitrogen and oxygen atoms in total. The number of nitrogens with zero attached hydrogens (tertiary/aromatic N) is 10. The maximum absolute atomic E-state index is 5.39. The van der Waals surface area contributed by atoms with Gasteiger partial charge in [0, 0.05) is 160 Å². The average molecular weight is 1730 g/mol. The molecule has 9 aromatic heterocycles. The molecule has 0 aliphatic heterocycles. The predicted octanol–water partition coefficient (Wildman–Crippen LogP) is 32.3. The highest BCUT2D eigenvalue weighted by Crippen LogP contribution is 2.60. The minimum Gasteiger partial charge on any atom is -0.277 e. The van der Waals surface area contributed by atoms with Crippen molar-refractivity contribution in [2.75, 3.05) is 0 Å². The Bertz CT molecular complexity index is 9340. The van der Waals surface area contributed by atoms with Crippen molar-refractivity contribution < 1.29 is 0 Å². The number of thiophene rings is 3. The van der Waals surface area contributed by atoms with Crippen LogP contribution in [0.4, 0.5) is 0 Å². The Balaban J connectivity index is 0.0000000981. The first-order valence-corrected chi connectivity index (χ1v) is 47.0. The van der Waals surface area contributed by atoms with Gasteiger partial charge in [-0.1, -0.05) is 340 Å². The molecule has 9 heterocycles. The molecule has 0 unspecified atom stereocenters. The van der Waals surface area contributed by atoms with Crippen LogP contribution in [-0.4, -0.2) is 48.6 Å². The van der Waals surface area contributed by atoms with E-state index in [1.54, 1.807) is 0 Å². The summed E-state index contributed by atoms with van der Waals surface area (Å²) in [7, 11) is 0. The fourth-order valence-corrected chi connectivity index (χ4v) is 25.8. The molecule has 0 saturated carbocycles. The Morgan fingerprint density at radius 3 is 0.788 bits per heavy atom. The minimum atomic E-state index is 0.613. The van der Waals surface area contributed by atoms with Crippen LogP contribution in [0.15, 0.2) is 401 Å². The molecule has 0 spiro atoms. The van der Waals surface area contributed by atoms with E-state index in [2.05, 4.69) is 359 Å². The second kappa shape index (κ2) is 28.3. The van der Waals surface area contributed by atoms with Crippen molar-refractivity contribution in [2.24, 2.45) is 0 Å².